The summed E-state index contributed by atoms with van der Waals surface area (Å²) >= 11 is 0. The molecule has 0 bridgehead atoms. The van der Waals surface area contributed by atoms with Crippen LogP contribution in [0, 0.1) is 0 Å². The van der Waals surface area contributed by atoms with Gasteiger partial charge in [0.15, 0.2) is 0 Å². The van der Waals surface area contributed by atoms with Crippen molar-refractivity contribution in [2.24, 2.45) is 0 Å². The Hall–Kier alpha value is -2.65. The molecule has 0 atom stereocenters. The van der Waals surface area contributed by atoms with E-state index in [-0.39, 0.29) is 5.41 Å². The lowest BCUT2D eigenvalue weighted by atomic mass is 9.78. The SMILES string of the molecule is C=CCOc1ccc(C(C)(C)c2ccc(OC(=O)NCCC[Si](OCC)(OCC)OCC)cc2)cc1. The Kier molecular flexibility index (Phi) is 12.2. The maximum absolute atomic E-state index is 12.3. The van der Waals surface area contributed by atoms with Crippen molar-refractivity contribution in [3.8, 4) is 11.5 Å². The molecule has 36 heavy (non-hydrogen) atoms. The Bertz CT molecular complexity index is 913. The van der Waals surface area contributed by atoms with Crippen LogP contribution in [0.2, 0.25) is 6.04 Å². The lowest BCUT2D eigenvalue weighted by molar-refractivity contribution is 0.0708. The molecule has 0 fully saturated rings. The maximum atomic E-state index is 12.3. The lowest BCUT2D eigenvalue weighted by Crippen LogP contribution is -2.46. The number of carbonyl (C=O) groups is 1. The number of ether oxygens (including phenoxy) is 2. The predicted molar refractivity (Wildman–Crippen MR) is 145 cm³/mol. The van der Waals surface area contributed by atoms with Crippen molar-refractivity contribution in [1.29, 1.82) is 0 Å². The third kappa shape index (κ3) is 8.78. The summed E-state index contributed by atoms with van der Waals surface area (Å²) in [5.41, 5.74) is 2.04. The molecule has 2 aromatic rings. The van der Waals surface area contributed by atoms with Crippen LogP contribution >= 0.6 is 0 Å². The minimum absolute atomic E-state index is 0.226. The second-order valence-corrected chi connectivity index (χ2v) is 11.4. The first-order chi connectivity index (χ1) is 17.3. The molecule has 7 nitrogen and oxygen atoms in total. The van der Waals surface area contributed by atoms with Crippen LogP contribution in [0.25, 0.3) is 0 Å². The van der Waals surface area contributed by atoms with Gasteiger partial charge in [-0.05, 0) is 62.6 Å². The first-order valence-corrected chi connectivity index (χ1v) is 14.6. The van der Waals surface area contributed by atoms with Gasteiger partial charge >= 0.3 is 14.9 Å². The summed E-state index contributed by atoms with van der Waals surface area (Å²) in [6, 6.07) is 16.3. The molecule has 1 amide bonds. The van der Waals surface area contributed by atoms with Crippen LogP contribution < -0.4 is 14.8 Å². The second kappa shape index (κ2) is 14.8. The molecule has 0 saturated heterocycles. The summed E-state index contributed by atoms with van der Waals surface area (Å²) in [6.07, 6.45) is 1.90. The first-order valence-electron chi connectivity index (χ1n) is 12.6. The minimum atomic E-state index is -2.71. The molecule has 8 heteroatoms. The highest BCUT2D eigenvalue weighted by Crippen LogP contribution is 2.33. The van der Waals surface area contributed by atoms with Gasteiger partial charge in [-0.3, -0.25) is 0 Å². The van der Waals surface area contributed by atoms with E-state index in [0.717, 1.165) is 16.9 Å². The molecule has 0 aliphatic rings. The van der Waals surface area contributed by atoms with Crippen LogP contribution in [0.4, 0.5) is 4.79 Å². The van der Waals surface area contributed by atoms with Crippen molar-refractivity contribution < 1.29 is 27.5 Å². The molecule has 0 aliphatic heterocycles. The normalized spacial score (nSPS) is 11.7. The van der Waals surface area contributed by atoms with Gasteiger partial charge in [0.05, 0.1) is 0 Å². The van der Waals surface area contributed by atoms with E-state index < -0.39 is 14.9 Å². The van der Waals surface area contributed by atoms with Gasteiger partial charge in [-0.15, -0.1) is 0 Å². The fourth-order valence-electron chi connectivity index (χ4n) is 3.87. The smallest absolute Gasteiger partial charge is 0.490 e. The summed E-state index contributed by atoms with van der Waals surface area (Å²) in [5.74, 6) is 1.30. The highest BCUT2D eigenvalue weighted by Gasteiger charge is 2.39. The summed E-state index contributed by atoms with van der Waals surface area (Å²) in [6.45, 7) is 16.3. The van der Waals surface area contributed by atoms with Crippen molar-refractivity contribution in [3.63, 3.8) is 0 Å². The molecule has 198 valence electrons. The first kappa shape index (κ1) is 29.6. The third-order valence-electron chi connectivity index (χ3n) is 5.75. The van der Waals surface area contributed by atoms with E-state index >= 15 is 0 Å². The Morgan fingerprint density at radius 3 is 1.86 bits per heavy atom. The molecule has 1 N–H and O–H groups in total. The highest BCUT2D eigenvalue weighted by atomic mass is 28.4. The van der Waals surface area contributed by atoms with E-state index in [1.165, 1.54) is 0 Å². The highest BCUT2D eigenvalue weighted by molar-refractivity contribution is 6.60. The maximum Gasteiger partial charge on any atom is 0.500 e. The van der Waals surface area contributed by atoms with Gasteiger partial charge in [0, 0.05) is 37.8 Å². The van der Waals surface area contributed by atoms with Gasteiger partial charge < -0.3 is 28.1 Å². The molecular formula is C28H41NO6Si. The molecule has 0 spiro atoms. The number of benzene rings is 2. The molecule has 0 unspecified atom stereocenters. The van der Waals surface area contributed by atoms with E-state index in [1.54, 1.807) is 6.08 Å². The van der Waals surface area contributed by atoms with Crippen molar-refractivity contribution >= 4 is 14.9 Å². The number of nitrogens with one attached hydrogen (secondary N) is 1. The Morgan fingerprint density at radius 2 is 1.39 bits per heavy atom. The molecule has 0 radical (unpaired) electrons. The van der Waals surface area contributed by atoms with Gasteiger partial charge in [-0.25, -0.2) is 4.79 Å². The van der Waals surface area contributed by atoms with Crippen molar-refractivity contribution in [3.05, 3.63) is 72.3 Å². The largest absolute Gasteiger partial charge is 0.500 e. The standard InChI is InChI=1S/C28H41NO6Si/c1-7-21-31-25-16-12-23(13-17-25)28(5,6)24-14-18-26(19-15-24)35-27(30)29-20-11-22-36(32-8-2,33-9-3)34-10-4/h7,12-19H,1,8-11,20-22H2,2-6H3,(H,29,30). The molecule has 2 aromatic carbocycles. The van der Waals surface area contributed by atoms with Crippen LogP contribution in [0.5, 0.6) is 11.5 Å². The number of amides is 1. The monoisotopic (exact) mass is 515 g/mol. The molecule has 0 heterocycles. The Labute approximate surface area is 217 Å². The fourth-order valence-corrected chi connectivity index (χ4v) is 6.48. The number of carbonyl (C=O) groups excluding carboxylic acids is 1. The van der Waals surface area contributed by atoms with Crippen LogP contribution in [0.1, 0.15) is 52.2 Å². The fraction of sp³-hybridized carbons (Fsp3) is 0.464. The summed E-state index contributed by atoms with van der Waals surface area (Å²) in [7, 11) is -2.71. The van der Waals surface area contributed by atoms with E-state index in [1.807, 2.05) is 57.2 Å². The molecule has 0 aliphatic carbocycles. The van der Waals surface area contributed by atoms with Gasteiger partial charge in [0.25, 0.3) is 0 Å². The predicted octanol–water partition coefficient (Wildman–Crippen LogP) is 6.10. The van der Waals surface area contributed by atoms with Crippen molar-refractivity contribution in [2.75, 3.05) is 33.0 Å². The summed E-state index contributed by atoms with van der Waals surface area (Å²) in [4.78, 5) is 12.3. The third-order valence-corrected chi connectivity index (χ3v) is 8.90. The molecule has 2 rings (SSSR count). The lowest BCUT2D eigenvalue weighted by Gasteiger charge is -2.28. The molecule has 0 saturated carbocycles. The van der Waals surface area contributed by atoms with E-state index in [2.05, 4.69) is 37.9 Å². The van der Waals surface area contributed by atoms with Gasteiger partial charge in [0.2, 0.25) is 0 Å². The van der Waals surface area contributed by atoms with Crippen molar-refractivity contribution in [2.45, 2.75) is 52.5 Å². The number of hydrogen-bond acceptors (Lipinski definition) is 6. The van der Waals surface area contributed by atoms with E-state index in [0.29, 0.717) is 51.2 Å². The average Bonchev–Trinajstić information content (AvgIpc) is 2.86. The van der Waals surface area contributed by atoms with Crippen LogP contribution in [0.15, 0.2) is 61.2 Å². The van der Waals surface area contributed by atoms with Crippen LogP contribution in [-0.2, 0) is 18.7 Å². The van der Waals surface area contributed by atoms with E-state index in [4.69, 9.17) is 22.8 Å². The number of rotatable bonds is 16. The Balaban J connectivity index is 1.89. The van der Waals surface area contributed by atoms with E-state index in [9.17, 15) is 4.79 Å². The van der Waals surface area contributed by atoms with Crippen LogP contribution in [-0.4, -0.2) is 47.9 Å². The minimum Gasteiger partial charge on any atom is -0.490 e. The topological polar surface area (TPSA) is 75.3 Å². The van der Waals surface area contributed by atoms with Gasteiger partial charge in [0.1, 0.15) is 18.1 Å². The zero-order chi connectivity index (χ0) is 26.4. The summed E-state index contributed by atoms with van der Waals surface area (Å²) in [5, 5.41) is 2.80. The van der Waals surface area contributed by atoms with Crippen molar-refractivity contribution in [1.82, 2.24) is 5.32 Å². The average molecular weight is 516 g/mol. The number of hydrogen-bond donors (Lipinski definition) is 1. The summed E-state index contributed by atoms with van der Waals surface area (Å²) < 4.78 is 28.6. The Morgan fingerprint density at radius 1 is 0.889 bits per heavy atom. The molecular weight excluding hydrogens is 474 g/mol. The zero-order valence-electron chi connectivity index (χ0n) is 22.3. The quantitative estimate of drug-likeness (QED) is 0.165. The second-order valence-electron chi connectivity index (χ2n) is 8.68. The van der Waals surface area contributed by atoms with Gasteiger partial charge in [-0.1, -0.05) is 50.8 Å². The van der Waals surface area contributed by atoms with Crippen LogP contribution in [0.3, 0.4) is 0 Å². The van der Waals surface area contributed by atoms with Gasteiger partial charge in [-0.2, -0.15) is 0 Å². The molecule has 0 aromatic heterocycles. The zero-order valence-corrected chi connectivity index (χ0v) is 23.3.